The summed E-state index contributed by atoms with van der Waals surface area (Å²) in [6.45, 7) is 5.12. The van der Waals surface area contributed by atoms with Gasteiger partial charge in [-0.2, -0.15) is 0 Å². The van der Waals surface area contributed by atoms with Crippen LogP contribution in [0, 0.1) is 18.8 Å². The van der Waals surface area contributed by atoms with Gasteiger partial charge in [-0.1, -0.05) is 24.1 Å². The molecule has 1 saturated heterocycles. The van der Waals surface area contributed by atoms with Crippen molar-refractivity contribution in [2.75, 3.05) is 37.2 Å². The number of hydrogen-bond donors (Lipinski definition) is 3. The molecule has 0 spiro atoms. The second-order valence-corrected chi connectivity index (χ2v) is 9.73. The minimum absolute atomic E-state index is 0.0770. The molecule has 6 rings (SSSR count). The van der Waals surface area contributed by atoms with Crippen LogP contribution < -0.4 is 16.4 Å². The van der Waals surface area contributed by atoms with Crippen LogP contribution >= 0.6 is 0 Å². The van der Waals surface area contributed by atoms with Crippen molar-refractivity contribution in [3.05, 3.63) is 108 Å². The third-order valence-corrected chi connectivity index (χ3v) is 7.11. The molecule has 0 atom stereocenters. The molecule has 1 amide bonds. The third kappa shape index (κ3) is 5.23. The number of fused-ring (bicyclic) bond motifs is 1. The van der Waals surface area contributed by atoms with Crippen LogP contribution in [0.15, 0.2) is 85.3 Å². The lowest BCUT2D eigenvalue weighted by molar-refractivity contribution is 0.0736. The van der Waals surface area contributed by atoms with Crippen molar-refractivity contribution in [3.63, 3.8) is 0 Å². The number of carbonyl (C=O) groups excluding carboxylic acids is 1. The van der Waals surface area contributed by atoms with Gasteiger partial charge in [0.1, 0.15) is 17.2 Å². The van der Waals surface area contributed by atoms with E-state index in [2.05, 4.69) is 32.4 Å². The lowest BCUT2D eigenvalue weighted by Crippen LogP contribution is -2.46. The summed E-state index contributed by atoms with van der Waals surface area (Å²) in [5.41, 5.74) is 13.8. The van der Waals surface area contributed by atoms with Crippen LogP contribution in [0.25, 0.3) is 16.8 Å². The highest BCUT2D eigenvalue weighted by molar-refractivity contribution is 5.94. The summed E-state index contributed by atoms with van der Waals surface area (Å²) in [4.78, 5) is 23.7. The highest BCUT2D eigenvalue weighted by Gasteiger charge is 2.17. The molecule has 0 unspecified atom stereocenters. The quantitative estimate of drug-likeness (QED) is 0.236. The Kier molecular flexibility index (Phi) is 6.87. The van der Waals surface area contributed by atoms with Crippen LogP contribution in [0.2, 0.25) is 0 Å². The van der Waals surface area contributed by atoms with E-state index in [1.54, 1.807) is 12.4 Å². The summed E-state index contributed by atoms with van der Waals surface area (Å²) in [7, 11) is 0. The number of amides is 1. The Labute approximate surface area is 232 Å². The van der Waals surface area contributed by atoms with Gasteiger partial charge >= 0.3 is 0 Å². The van der Waals surface area contributed by atoms with E-state index in [0.29, 0.717) is 11.4 Å². The van der Waals surface area contributed by atoms with Crippen LogP contribution in [0.3, 0.4) is 0 Å². The molecule has 5 aromatic rings. The molecule has 2 aromatic carbocycles. The summed E-state index contributed by atoms with van der Waals surface area (Å²) in [6, 6.07) is 21.3. The fraction of sp³-hybridized carbons (Fsp3) is 0.156. The van der Waals surface area contributed by atoms with Gasteiger partial charge < -0.3 is 21.3 Å². The number of carbonyl (C=O) groups is 1. The van der Waals surface area contributed by atoms with Crippen LogP contribution in [0.4, 0.5) is 17.2 Å². The molecular formula is C32H29N7O. The summed E-state index contributed by atoms with van der Waals surface area (Å²) in [6.07, 6.45) is 5.54. The largest absolute Gasteiger partial charge is 0.398 e. The molecule has 8 heteroatoms. The van der Waals surface area contributed by atoms with Crippen molar-refractivity contribution in [1.29, 1.82) is 0 Å². The number of anilines is 3. The summed E-state index contributed by atoms with van der Waals surface area (Å²) in [5, 5.41) is 6.61. The molecule has 0 bridgehead atoms. The molecule has 4 N–H and O–H groups in total. The molecule has 8 nitrogen and oxygen atoms in total. The maximum absolute atomic E-state index is 12.8. The molecule has 1 fully saturated rings. The highest BCUT2D eigenvalue weighted by Crippen LogP contribution is 2.24. The number of pyridine rings is 2. The first kappa shape index (κ1) is 25.2. The van der Waals surface area contributed by atoms with E-state index in [9.17, 15) is 4.79 Å². The number of hydrogen-bond acceptors (Lipinski definition) is 6. The van der Waals surface area contributed by atoms with Gasteiger partial charge in [-0.05, 0) is 78.1 Å². The second-order valence-electron chi connectivity index (χ2n) is 9.73. The Hall–Kier alpha value is -5.13. The van der Waals surface area contributed by atoms with Crippen LogP contribution in [0.5, 0.6) is 0 Å². The number of piperazine rings is 1. The van der Waals surface area contributed by atoms with Gasteiger partial charge in [0, 0.05) is 61.1 Å². The number of imidazole rings is 1. The smallest absolute Gasteiger partial charge is 0.253 e. The van der Waals surface area contributed by atoms with E-state index in [0.717, 1.165) is 71.1 Å². The van der Waals surface area contributed by atoms with Crippen molar-refractivity contribution < 1.29 is 4.79 Å². The summed E-state index contributed by atoms with van der Waals surface area (Å²) >= 11 is 0. The number of aromatic nitrogens is 3. The average molecular weight is 528 g/mol. The lowest BCUT2D eigenvalue weighted by Gasteiger charge is -2.27. The molecule has 0 radical (unpaired) electrons. The van der Waals surface area contributed by atoms with E-state index in [1.807, 2.05) is 89.2 Å². The maximum atomic E-state index is 12.8. The molecule has 40 heavy (non-hydrogen) atoms. The van der Waals surface area contributed by atoms with Crippen molar-refractivity contribution >= 4 is 28.7 Å². The number of nitrogen functional groups attached to an aromatic ring is 1. The van der Waals surface area contributed by atoms with Gasteiger partial charge in [-0.25, -0.2) is 9.97 Å². The van der Waals surface area contributed by atoms with Crippen LogP contribution in [-0.4, -0.2) is 51.4 Å². The Balaban J connectivity index is 1.22. The van der Waals surface area contributed by atoms with Crippen molar-refractivity contribution in [2.24, 2.45) is 0 Å². The van der Waals surface area contributed by atoms with E-state index in [4.69, 9.17) is 5.73 Å². The minimum atomic E-state index is 0.0770. The first-order chi connectivity index (χ1) is 19.5. The molecular weight excluding hydrogens is 498 g/mol. The first-order valence-electron chi connectivity index (χ1n) is 13.2. The monoisotopic (exact) mass is 527 g/mol. The Bertz CT molecular complexity index is 1760. The van der Waals surface area contributed by atoms with E-state index < -0.39 is 0 Å². The number of rotatable bonds is 4. The molecule has 198 valence electrons. The molecule has 3 aromatic heterocycles. The van der Waals surface area contributed by atoms with Gasteiger partial charge in [0.15, 0.2) is 0 Å². The summed E-state index contributed by atoms with van der Waals surface area (Å²) in [5.74, 6) is 7.27. The fourth-order valence-corrected chi connectivity index (χ4v) is 4.74. The fourth-order valence-electron chi connectivity index (χ4n) is 4.74. The van der Waals surface area contributed by atoms with Gasteiger partial charge in [0.25, 0.3) is 5.91 Å². The van der Waals surface area contributed by atoms with Gasteiger partial charge in [-0.15, -0.1) is 0 Å². The number of nitrogens with one attached hydrogen (secondary N) is 2. The van der Waals surface area contributed by atoms with E-state index in [1.165, 1.54) is 0 Å². The van der Waals surface area contributed by atoms with Gasteiger partial charge in [-0.3, -0.25) is 9.20 Å². The second kappa shape index (κ2) is 10.9. The van der Waals surface area contributed by atoms with Gasteiger partial charge in [0.2, 0.25) is 0 Å². The van der Waals surface area contributed by atoms with E-state index in [-0.39, 0.29) is 5.91 Å². The number of nitrogens with two attached hydrogens (primary N) is 1. The molecule has 1 aliphatic rings. The number of benzene rings is 2. The van der Waals surface area contributed by atoms with Crippen LogP contribution in [-0.2, 0) is 0 Å². The zero-order valence-corrected chi connectivity index (χ0v) is 22.2. The Morgan fingerprint density at radius 1 is 0.975 bits per heavy atom. The maximum Gasteiger partial charge on any atom is 0.253 e. The standard InChI is InChI=1S/C32H29N7O/c1-22-28(33)3-2-4-29(22)37-30-19-23(13-14-35-30)5-11-27-20-36-31-12-10-26(21-39(27)31)24-6-8-25(9-7-24)32(40)38-17-15-34-16-18-38/h2-4,6-10,12-14,19-21,34H,15-18,33H2,1H3,(H,35,37). The third-order valence-electron chi connectivity index (χ3n) is 7.11. The molecule has 0 aliphatic carbocycles. The predicted molar refractivity (Wildman–Crippen MR) is 158 cm³/mol. The van der Waals surface area contributed by atoms with E-state index >= 15 is 0 Å². The molecule has 4 heterocycles. The first-order valence-corrected chi connectivity index (χ1v) is 13.2. The Morgan fingerprint density at radius 3 is 2.60 bits per heavy atom. The SMILES string of the molecule is Cc1c(N)cccc1Nc1cc(C#Cc2cnc3ccc(-c4ccc(C(=O)N5CCNCC5)cc4)cn23)ccn1. The lowest BCUT2D eigenvalue weighted by atomic mass is 10.0. The van der Waals surface area contributed by atoms with Crippen LogP contribution in [0.1, 0.15) is 27.2 Å². The minimum Gasteiger partial charge on any atom is -0.398 e. The molecule has 0 saturated carbocycles. The van der Waals surface area contributed by atoms with Crippen molar-refractivity contribution in [1.82, 2.24) is 24.6 Å². The normalized spacial score (nSPS) is 13.1. The van der Waals surface area contributed by atoms with Crippen molar-refractivity contribution in [3.8, 4) is 23.0 Å². The topological polar surface area (TPSA) is 101 Å². The summed E-state index contributed by atoms with van der Waals surface area (Å²) < 4.78 is 1.98. The average Bonchev–Trinajstić information content (AvgIpc) is 3.41. The number of nitrogens with zero attached hydrogens (tertiary/aromatic N) is 4. The van der Waals surface area contributed by atoms with Crippen molar-refractivity contribution in [2.45, 2.75) is 6.92 Å². The molecule has 1 aliphatic heterocycles. The Morgan fingerprint density at radius 2 is 1.77 bits per heavy atom. The zero-order valence-electron chi connectivity index (χ0n) is 22.2. The van der Waals surface area contributed by atoms with Gasteiger partial charge in [0.05, 0.1) is 6.20 Å². The zero-order chi connectivity index (χ0) is 27.5. The predicted octanol–water partition coefficient (Wildman–Crippen LogP) is 4.48. The highest BCUT2D eigenvalue weighted by atomic mass is 16.2.